The number of amides is 1. The highest BCUT2D eigenvalue weighted by atomic mass is 19.1. The van der Waals surface area contributed by atoms with Crippen LogP contribution in [0, 0.1) is 11.6 Å². The predicted octanol–water partition coefficient (Wildman–Crippen LogP) is 4.76. The molecule has 0 unspecified atom stereocenters. The molecule has 2 N–H and O–H groups in total. The lowest BCUT2D eigenvalue weighted by Crippen LogP contribution is -2.23. The lowest BCUT2D eigenvalue weighted by molar-refractivity contribution is -0.115. The Morgan fingerprint density at radius 1 is 1.00 bits per heavy atom. The minimum absolute atomic E-state index is 0.133. The third-order valence-electron chi connectivity index (χ3n) is 5.47. The number of carbonyl (C=O) groups is 1. The van der Waals surface area contributed by atoms with Crippen molar-refractivity contribution in [3.05, 3.63) is 77.4 Å². The van der Waals surface area contributed by atoms with Gasteiger partial charge in [0.15, 0.2) is 5.82 Å². The number of nitrogens with zero attached hydrogens (tertiary/aromatic N) is 2. The van der Waals surface area contributed by atoms with Crippen molar-refractivity contribution < 1.29 is 18.3 Å². The van der Waals surface area contributed by atoms with Gasteiger partial charge in [-0.05, 0) is 60.4 Å². The fourth-order valence-electron chi connectivity index (χ4n) is 3.84. The van der Waals surface area contributed by atoms with E-state index < -0.39 is 11.6 Å². The number of rotatable bonds is 8. The molecular formula is C25H26F2N4O2. The van der Waals surface area contributed by atoms with E-state index in [0.29, 0.717) is 23.9 Å². The first-order chi connectivity index (χ1) is 16.0. The van der Waals surface area contributed by atoms with Crippen molar-refractivity contribution in [2.24, 2.45) is 0 Å². The summed E-state index contributed by atoms with van der Waals surface area (Å²) >= 11 is 0. The predicted molar refractivity (Wildman–Crippen MR) is 125 cm³/mol. The maximum absolute atomic E-state index is 13.4. The second-order valence-corrected chi connectivity index (χ2v) is 7.97. The summed E-state index contributed by atoms with van der Waals surface area (Å²) in [5.41, 5.74) is 1.94. The Balaban J connectivity index is 1.47. The summed E-state index contributed by atoms with van der Waals surface area (Å²) < 4.78 is 32.1. The van der Waals surface area contributed by atoms with Gasteiger partial charge in [-0.15, -0.1) is 0 Å². The van der Waals surface area contributed by atoms with Crippen LogP contribution in [0.4, 0.5) is 26.1 Å². The Labute approximate surface area is 191 Å². The van der Waals surface area contributed by atoms with Crippen LogP contribution in [-0.2, 0) is 17.8 Å². The van der Waals surface area contributed by atoms with Crippen molar-refractivity contribution in [3.8, 4) is 5.75 Å². The van der Waals surface area contributed by atoms with Crippen LogP contribution in [-0.4, -0.2) is 31.1 Å². The maximum Gasteiger partial charge on any atom is 0.228 e. The first-order valence-electron chi connectivity index (χ1n) is 10.9. The first kappa shape index (κ1) is 22.5. The molecule has 1 aliphatic heterocycles. The molecule has 0 radical (unpaired) electrons. The fourth-order valence-corrected chi connectivity index (χ4v) is 3.84. The molecule has 2 heterocycles. The summed E-state index contributed by atoms with van der Waals surface area (Å²) in [6.45, 7) is 2.30. The summed E-state index contributed by atoms with van der Waals surface area (Å²) in [6.07, 6.45) is 1.98. The summed E-state index contributed by atoms with van der Waals surface area (Å²) in [6, 6.07) is 14.5. The number of benzene rings is 2. The molecule has 0 spiro atoms. The average molecular weight is 453 g/mol. The molecule has 6 nitrogen and oxygen atoms in total. The van der Waals surface area contributed by atoms with Crippen molar-refractivity contribution in [2.45, 2.75) is 25.8 Å². The quantitative estimate of drug-likeness (QED) is 0.516. The SMILES string of the molecule is COc1ccc(CNc2ccc(NC(=O)Cc3cc(F)cc(F)c3)c(N3CCCC3)n2)cc1. The Hall–Kier alpha value is -3.68. The summed E-state index contributed by atoms with van der Waals surface area (Å²) in [4.78, 5) is 19.5. The molecule has 0 atom stereocenters. The Morgan fingerprint density at radius 2 is 1.70 bits per heavy atom. The molecule has 2 aromatic carbocycles. The number of nitrogens with one attached hydrogen (secondary N) is 2. The lowest BCUT2D eigenvalue weighted by atomic mass is 10.1. The Bertz CT molecular complexity index is 1100. The topological polar surface area (TPSA) is 66.5 Å². The maximum atomic E-state index is 13.4. The van der Waals surface area contributed by atoms with Crippen LogP contribution < -0.4 is 20.3 Å². The van der Waals surface area contributed by atoms with E-state index in [1.807, 2.05) is 24.3 Å². The molecule has 1 amide bonds. The van der Waals surface area contributed by atoms with Crippen molar-refractivity contribution >= 4 is 23.2 Å². The standard InChI is InChI=1S/C25H26F2N4O2/c1-33-21-6-4-17(5-7-21)16-28-23-9-8-22(25(30-23)31-10-2-3-11-31)29-24(32)14-18-12-19(26)15-20(27)13-18/h4-9,12-13,15H,2-3,10-11,14,16H2,1H3,(H,28,30)(H,29,32). The monoisotopic (exact) mass is 452 g/mol. The Kier molecular flexibility index (Phi) is 7.02. The van der Waals surface area contributed by atoms with Crippen LogP contribution in [0.15, 0.2) is 54.6 Å². The van der Waals surface area contributed by atoms with Crippen LogP contribution in [0.1, 0.15) is 24.0 Å². The summed E-state index contributed by atoms with van der Waals surface area (Å²) in [5.74, 6) is 0.411. The minimum atomic E-state index is -0.704. The highest BCUT2D eigenvalue weighted by Crippen LogP contribution is 2.29. The van der Waals surface area contributed by atoms with E-state index in [1.54, 1.807) is 19.2 Å². The molecule has 0 bridgehead atoms. The Morgan fingerprint density at radius 3 is 2.36 bits per heavy atom. The van der Waals surface area contributed by atoms with Gasteiger partial charge in [-0.25, -0.2) is 13.8 Å². The first-order valence-corrected chi connectivity index (χ1v) is 10.9. The molecule has 1 fully saturated rings. The fraction of sp³-hybridized carbons (Fsp3) is 0.280. The zero-order valence-electron chi connectivity index (χ0n) is 18.4. The number of pyridine rings is 1. The minimum Gasteiger partial charge on any atom is -0.497 e. The van der Waals surface area contributed by atoms with Gasteiger partial charge in [-0.2, -0.15) is 0 Å². The van der Waals surface area contributed by atoms with E-state index in [2.05, 4.69) is 15.5 Å². The highest BCUT2D eigenvalue weighted by Gasteiger charge is 2.19. The molecular weight excluding hydrogens is 426 g/mol. The molecule has 1 aromatic heterocycles. The van der Waals surface area contributed by atoms with Gasteiger partial charge in [0.1, 0.15) is 23.2 Å². The normalized spacial score (nSPS) is 13.1. The smallest absolute Gasteiger partial charge is 0.228 e. The van der Waals surface area contributed by atoms with Gasteiger partial charge in [-0.3, -0.25) is 4.79 Å². The van der Waals surface area contributed by atoms with Gasteiger partial charge >= 0.3 is 0 Å². The second-order valence-electron chi connectivity index (χ2n) is 7.97. The molecule has 4 rings (SSSR count). The van der Waals surface area contributed by atoms with Crippen LogP contribution in [0.2, 0.25) is 0 Å². The van der Waals surface area contributed by atoms with E-state index in [9.17, 15) is 13.6 Å². The third-order valence-corrected chi connectivity index (χ3v) is 5.47. The number of methoxy groups -OCH3 is 1. The second kappa shape index (κ2) is 10.3. The number of hydrogen-bond donors (Lipinski definition) is 2. The van der Waals surface area contributed by atoms with Gasteiger partial charge < -0.3 is 20.3 Å². The number of halogens is 2. The van der Waals surface area contributed by atoms with Crippen molar-refractivity contribution in [1.29, 1.82) is 0 Å². The average Bonchev–Trinajstić information content (AvgIpc) is 3.33. The summed E-state index contributed by atoms with van der Waals surface area (Å²) in [5, 5.41) is 6.18. The number of hydrogen-bond acceptors (Lipinski definition) is 5. The highest BCUT2D eigenvalue weighted by molar-refractivity contribution is 5.95. The summed E-state index contributed by atoms with van der Waals surface area (Å²) in [7, 11) is 1.63. The lowest BCUT2D eigenvalue weighted by Gasteiger charge is -2.21. The van der Waals surface area contributed by atoms with Crippen LogP contribution in [0.25, 0.3) is 0 Å². The van der Waals surface area contributed by atoms with Gasteiger partial charge in [0.25, 0.3) is 0 Å². The molecule has 1 saturated heterocycles. The van der Waals surface area contributed by atoms with Crippen molar-refractivity contribution in [1.82, 2.24) is 4.98 Å². The van der Waals surface area contributed by atoms with E-state index in [-0.39, 0.29) is 17.9 Å². The van der Waals surface area contributed by atoms with Crippen molar-refractivity contribution in [3.63, 3.8) is 0 Å². The van der Waals surface area contributed by atoms with E-state index in [0.717, 1.165) is 55.4 Å². The van der Waals surface area contributed by atoms with Gasteiger partial charge in [0.2, 0.25) is 5.91 Å². The third kappa shape index (κ3) is 5.97. The van der Waals surface area contributed by atoms with Gasteiger partial charge in [0.05, 0.1) is 19.2 Å². The van der Waals surface area contributed by atoms with Crippen LogP contribution >= 0.6 is 0 Å². The zero-order chi connectivity index (χ0) is 23.2. The molecule has 3 aromatic rings. The number of carbonyl (C=O) groups excluding carboxylic acids is 1. The van der Waals surface area contributed by atoms with Gasteiger partial charge in [-0.1, -0.05) is 12.1 Å². The molecule has 0 aliphatic carbocycles. The molecule has 33 heavy (non-hydrogen) atoms. The number of ether oxygens (including phenoxy) is 1. The van der Waals surface area contributed by atoms with E-state index in [4.69, 9.17) is 9.72 Å². The van der Waals surface area contributed by atoms with E-state index >= 15 is 0 Å². The van der Waals surface area contributed by atoms with Crippen LogP contribution in [0.5, 0.6) is 5.75 Å². The number of anilines is 3. The molecule has 172 valence electrons. The largest absolute Gasteiger partial charge is 0.497 e. The van der Waals surface area contributed by atoms with Crippen molar-refractivity contribution in [2.75, 3.05) is 35.7 Å². The van der Waals surface area contributed by atoms with E-state index in [1.165, 1.54) is 0 Å². The van der Waals surface area contributed by atoms with Crippen LogP contribution in [0.3, 0.4) is 0 Å². The van der Waals surface area contributed by atoms with Gasteiger partial charge in [0, 0.05) is 25.7 Å². The molecule has 0 saturated carbocycles. The molecule has 1 aliphatic rings. The zero-order valence-corrected chi connectivity index (χ0v) is 18.4. The molecule has 8 heteroatoms. The number of aromatic nitrogens is 1.